The fourth-order valence-corrected chi connectivity index (χ4v) is 3.39. The molecule has 0 atom stereocenters. The summed E-state index contributed by atoms with van der Waals surface area (Å²) in [6, 6.07) is 23.1. The van der Waals surface area contributed by atoms with Gasteiger partial charge in [0.05, 0.1) is 24.8 Å². The van der Waals surface area contributed by atoms with Gasteiger partial charge in [0.25, 0.3) is 0 Å². The van der Waals surface area contributed by atoms with Crippen LogP contribution in [-0.4, -0.2) is 23.3 Å². The van der Waals surface area contributed by atoms with Crippen molar-refractivity contribution >= 4 is 22.6 Å². The molecule has 0 N–H and O–H groups in total. The number of fused-ring (bicyclic) bond motifs is 1. The number of ether oxygens (including phenoxy) is 3. The van der Waals surface area contributed by atoms with Crippen LogP contribution in [0.4, 0.5) is 0 Å². The minimum absolute atomic E-state index is 0.375. The van der Waals surface area contributed by atoms with Gasteiger partial charge in [0.2, 0.25) is 0 Å². The summed E-state index contributed by atoms with van der Waals surface area (Å²) in [4.78, 5) is 4.77. The molecule has 0 unspecified atom stereocenters. The molecule has 3 aromatic carbocycles. The summed E-state index contributed by atoms with van der Waals surface area (Å²) in [5.74, 6) is 3.21. The van der Waals surface area contributed by atoms with E-state index in [9.17, 15) is 0 Å². The topological polar surface area (TPSA) is 45.5 Å². The molecule has 1 heterocycles. The van der Waals surface area contributed by atoms with Crippen molar-refractivity contribution in [1.29, 1.82) is 0 Å². The first-order valence-electron chi connectivity index (χ1n) is 9.82. The maximum absolute atomic E-state index is 5.98. The Balaban J connectivity index is 1.43. The van der Waals surface area contributed by atoms with Crippen molar-refractivity contribution < 1.29 is 14.2 Å². The van der Waals surface area contributed by atoms with Crippen LogP contribution in [0.5, 0.6) is 17.2 Å². The number of para-hydroxylation sites is 2. The van der Waals surface area contributed by atoms with Crippen LogP contribution in [0.3, 0.4) is 0 Å². The van der Waals surface area contributed by atoms with Gasteiger partial charge in [-0.1, -0.05) is 29.8 Å². The molecule has 0 radical (unpaired) electrons. The SMILES string of the molecule is COc1cccc(OCc2nc3ccccc3n2CCCOc2ccc(Cl)cc2)c1. The standard InChI is InChI=1S/C24H23ClN2O3/c1-28-20-6-4-7-21(16-20)30-17-24-26-22-8-2-3-9-23(22)27(24)14-5-15-29-19-12-10-18(25)11-13-19/h2-4,6-13,16H,5,14-15,17H2,1H3. The number of nitrogens with zero attached hydrogens (tertiary/aromatic N) is 2. The van der Waals surface area contributed by atoms with E-state index >= 15 is 0 Å². The second-order valence-corrected chi connectivity index (χ2v) is 7.23. The predicted molar refractivity (Wildman–Crippen MR) is 119 cm³/mol. The molecule has 4 aromatic rings. The maximum atomic E-state index is 5.98. The molecule has 30 heavy (non-hydrogen) atoms. The molecule has 5 nitrogen and oxygen atoms in total. The lowest BCUT2D eigenvalue weighted by Crippen LogP contribution is -2.10. The van der Waals surface area contributed by atoms with Crippen LogP contribution in [0, 0.1) is 0 Å². The monoisotopic (exact) mass is 422 g/mol. The number of methoxy groups -OCH3 is 1. The van der Waals surface area contributed by atoms with Crippen molar-refractivity contribution in [3.63, 3.8) is 0 Å². The number of aromatic nitrogens is 2. The van der Waals surface area contributed by atoms with Crippen molar-refractivity contribution in [1.82, 2.24) is 9.55 Å². The van der Waals surface area contributed by atoms with Gasteiger partial charge in [0, 0.05) is 17.6 Å². The van der Waals surface area contributed by atoms with Crippen LogP contribution < -0.4 is 14.2 Å². The Bertz CT molecular complexity index is 1110. The molecule has 0 aliphatic carbocycles. The van der Waals surface area contributed by atoms with E-state index in [0.717, 1.165) is 47.1 Å². The van der Waals surface area contributed by atoms with E-state index in [4.69, 9.17) is 30.8 Å². The third-order valence-electron chi connectivity index (χ3n) is 4.75. The number of hydrogen-bond acceptors (Lipinski definition) is 4. The average Bonchev–Trinajstić information content (AvgIpc) is 3.14. The Kier molecular flexibility index (Phi) is 6.40. The zero-order valence-electron chi connectivity index (χ0n) is 16.8. The Morgan fingerprint density at radius 3 is 2.50 bits per heavy atom. The molecule has 0 amide bonds. The van der Waals surface area contributed by atoms with Crippen LogP contribution in [0.2, 0.25) is 5.02 Å². The summed E-state index contributed by atoms with van der Waals surface area (Å²) < 4.78 is 19.3. The second-order valence-electron chi connectivity index (χ2n) is 6.79. The van der Waals surface area contributed by atoms with E-state index in [1.165, 1.54) is 0 Å². The van der Waals surface area contributed by atoms with E-state index in [2.05, 4.69) is 10.6 Å². The van der Waals surface area contributed by atoms with Crippen molar-refractivity contribution in [3.05, 3.63) is 83.6 Å². The minimum Gasteiger partial charge on any atom is -0.497 e. The molecular formula is C24H23ClN2O3. The first kappa shape index (κ1) is 20.1. The fourth-order valence-electron chi connectivity index (χ4n) is 3.27. The van der Waals surface area contributed by atoms with Gasteiger partial charge in [-0.25, -0.2) is 4.98 Å². The Morgan fingerprint density at radius 1 is 0.867 bits per heavy atom. The van der Waals surface area contributed by atoms with Crippen molar-refractivity contribution in [2.75, 3.05) is 13.7 Å². The van der Waals surface area contributed by atoms with Crippen LogP contribution in [0.15, 0.2) is 72.8 Å². The molecule has 0 bridgehead atoms. The third-order valence-corrected chi connectivity index (χ3v) is 5.00. The Hall–Kier alpha value is -3.18. The van der Waals surface area contributed by atoms with E-state index in [1.807, 2.05) is 66.7 Å². The molecule has 0 spiro atoms. The van der Waals surface area contributed by atoms with Gasteiger partial charge >= 0.3 is 0 Å². The van der Waals surface area contributed by atoms with Gasteiger partial charge < -0.3 is 18.8 Å². The zero-order chi connectivity index (χ0) is 20.8. The first-order chi connectivity index (χ1) is 14.7. The lowest BCUT2D eigenvalue weighted by Gasteiger charge is -2.12. The highest BCUT2D eigenvalue weighted by Crippen LogP contribution is 2.22. The van der Waals surface area contributed by atoms with Crippen molar-refractivity contribution in [2.24, 2.45) is 0 Å². The molecule has 0 saturated carbocycles. The predicted octanol–water partition coefficient (Wildman–Crippen LogP) is 5.75. The number of hydrogen-bond donors (Lipinski definition) is 0. The number of rotatable bonds is 9. The molecule has 4 rings (SSSR count). The summed E-state index contributed by atoms with van der Waals surface area (Å²) >= 11 is 5.92. The summed E-state index contributed by atoms with van der Waals surface area (Å²) in [7, 11) is 1.64. The average molecular weight is 423 g/mol. The van der Waals surface area contributed by atoms with Crippen LogP contribution in [0.1, 0.15) is 12.2 Å². The highest BCUT2D eigenvalue weighted by molar-refractivity contribution is 6.30. The van der Waals surface area contributed by atoms with Gasteiger partial charge in [-0.15, -0.1) is 0 Å². The number of benzene rings is 3. The van der Waals surface area contributed by atoms with Crippen LogP contribution >= 0.6 is 11.6 Å². The molecule has 1 aromatic heterocycles. The Morgan fingerprint density at radius 2 is 1.67 bits per heavy atom. The molecule has 0 aliphatic heterocycles. The minimum atomic E-state index is 0.375. The van der Waals surface area contributed by atoms with Gasteiger partial charge in [-0.3, -0.25) is 0 Å². The highest BCUT2D eigenvalue weighted by Gasteiger charge is 2.11. The quantitative estimate of drug-likeness (QED) is 0.322. The van der Waals surface area contributed by atoms with E-state index in [0.29, 0.717) is 18.2 Å². The van der Waals surface area contributed by atoms with Gasteiger partial charge in [-0.05, 0) is 55.0 Å². The highest BCUT2D eigenvalue weighted by atomic mass is 35.5. The van der Waals surface area contributed by atoms with E-state index in [-0.39, 0.29) is 0 Å². The van der Waals surface area contributed by atoms with Gasteiger partial charge in [-0.2, -0.15) is 0 Å². The van der Waals surface area contributed by atoms with Crippen LogP contribution in [0.25, 0.3) is 11.0 Å². The fraction of sp³-hybridized carbons (Fsp3) is 0.208. The maximum Gasteiger partial charge on any atom is 0.147 e. The smallest absolute Gasteiger partial charge is 0.147 e. The molecule has 0 aliphatic rings. The summed E-state index contributed by atoms with van der Waals surface area (Å²) in [5.41, 5.74) is 2.05. The molecule has 154 valence electrons. The van der Waals surface area contributed by atoms with Gasteiger partial charge in [0.15, 0.2) is 0 Å². The number of imidazole rings is 1. The van der Waals surface area contributed by atoms with Crippen molar-refractivity contribution in [3.8, 4) is 17.2 Å². The third kappa shape index (κ3) is 4.86. The number of halogens is 1. The lowest BCUT2D eigenvalue weighted by atomic mass is 10.3. The summed E-state index contributed by atoms with van der Waals surface area (Å²) in [6.45, 7) is 1.76. The van der Waals surface area contributed by atoms with Gasteiger partial charge in [0.1, 0.15) is 29.7 Å². The second kappa shape index (κ2) is 9.55. The lowest BCUT2D eigenvalue weighted by molar-refractivity contribution is 0.279. The zero-order valence-corrected chi connectivity index (χ0v) is 17.5. The van der Waals surface area contributed by atoms with E-state index < -0.39 is 0 Å². The van der Waals surface area contributed by atoms with E-state index in [1.54, 1.807) is 7.11 Å². The van der Waals surface area contributed by atoms with Crippen molar-refractivity contribution in [2.45, 2.75) is 19.6 Å². The molecule has 0 fully saturated rings. The van der Waals surface area contributed by atoms with Crippen LogP contribution in [-0.2, 0) is 13.2 Å². The summed E-state index contributed by atoms with van der Waals surface area (Å²) in [5, 5.41) is 0.702. The molecule has 0 saturated heterocycles. The normalized spacial score (nSPS) is 10.9. The molecule has 6 heteroatoms. The Labute approximate surface area is 180 Å². The number of aryl methyl sites for hydroxylation is 1. The first-order valence-corrected chi connectivity index (χ1v) is 10.2. The molecular weight excluding hydrogens is 400 g/mol. The summed E-state index contributed by atoms with van der Waals surface area (Å²) in [6.07, 6.45) is 0.842. The largest absolute Gasteiger partial charge is 0.497 e.